The molecule has 2 saturated heterocycles. The van der Waals surface area contributed by atoms with Gasteiger partial charge in [-0.15, -0.1) is 0 Å². The SMILES string of the molecule is CC1CCN(/C=C(/C#N)C(=O)N2CCN(C)CC2)CC1. The molecule has 0 aliphatic carbocycles. The molecule has 0 aromatic carbocycles. The van der Waals surface area contributed by atoms with Crippen molar-refractivity contribution in [1.29, 1.82) is 5.26 Å². The van der Waals surface area contributed by atoms with E-state index >= 15 is 0 Å². The molecule has 0 aromatic rings. The average molecular weight is 276 g/mol. The van der Waals surface area contributed by atoms with Gasteiger partial charge in [0.05, 0.1) is 0 Å². The molecule has 0 atom stereocenters. The summed E-state index contributed by atoms with van der Waals surface area (Å²) in [6, 6.07) is 2.08. The Bertz CT molecular complexity index is 410. The van der Waals surface area contributed by atoms with Crippen molar-refractivity contribution in [2.45, 2.75) is 19.8 Å². The number of piperazine rings is 1. The number of piperidine rings is 1. The largest absolute Gasteiger partial charge is 0.376 e. The predicted molar refractivity (Wildman–Crippen MR) is 77.7 cm³/mol. The molecule has 0 unspecified atom stereocenters. The maximum absolute atomic E-state index is 12.4. The maximum Gasteiger partial charge on any atom is 0.266 e. The Kier molecular flexibility index (Phi) is 5.02. The summed E-state index contributed by atoms with van der Waals surface area (Å²) in [5, 5.41) is 9.26. The van der Waals surface area contributed by atoms with Gasteiger partial charge in [0, 0.05) is 45.5 Å². The molecule has 1 amide bonds. The number of likely N-dealkylation sites (N-methyl/N-ethyl adjacent to an activating group) is 1. The standard InChI is InChI=1S/C15H24N4O/c1-13-3-5-18(6-4-13)12-14(11-16)15(20)19-9-7-17(2)8-10-19/h12-13H,3-10H2,1-2H3/b14-12-. The van der Waals surface area contributed by atoms with Crippen LogP contribution >= 0.6 is 0 Å². The first kappa shape index (κ1) is 14.9. The Morgan fingerprint density at radius 1 is 1.15 bits per heavy atom. The van der Waals surface area contributed by atoms with Crippen LogP contribution in [0.2, 0.25) is 0 Å². The minimum atomic E-state index is -0.112. The van der Waals surface area contributed by atoms with Crippen molar-refractivity contribution in [1.82, 2.24) is 14.7 Å². The van der Waals surface area contributed by atoms with Gasteiger partial charge in [-0.25, -0.2) is 0 Å². The number of likely N-dealkylation sites (tertiary alicyclic amines) is 1. The van der Waals surface area contributed by atoms with Crippen LogP contribution in [0.5, 0.6) is 0 Å². The molecule has 0 spiro atoms. The molecule has 20 heavy (non-hydrogen) atoms. The minimum absolute atomic E-state index is 0.112. The Morgan fingerprint density at radius 3 is 2.30 bits per heavy atom. The van der Waals surface area contributed by atoms with Crippen LogP contribution in [0.1, 0.15) is 19.8 Å². The van der Waals surface area contributed by atoms with Gasteiger partial charge in [-0.3, -0.25) is 4.79 Å². The number of amides is 1. The quantitative estimate of drug-likeness (QED) is 0.555. The second-order valence-electron chi connectivity index (χ2n) is 5.97. The van der Waals surface area contributed by atoms with E-state index in [9.17, 15) is 10.1 Å². The fraction of sp³-hybridized carbons (Fsp3) is 0.733. The molecule has 0 aromatic heterocycles. The van der Waals surface area contributed by atoms with E-state index in [2.05, 4.69) is 29.8 Å². The molecule has 0 saturated carbocycles. The first-order valence-electron chi connectivity index (χ1n) is 7.44. The van der Waals surface area contributed by atoms with Crippen LogP contribution in [0.15, 0.2) is 11.8 Å². The molecule has 2 aliphatic rings. The van der Waals surface area contributed by atoms with Crippen molar-refractivity contribution in [3.05, 3.63) is 11.8 Å². The van der Waals surface area contributed by atoms with Crippen molar-refractivity contribution in [3.8, 4) is 6.07 Å². The molecule has 0 N–H and O–H groups in total. The number of hydrogen-bond acceptors (Lipinski definition) is 4. The third-order valence-corrected chi connectivity index (χ3v) is 4.27. The molecule has 2 aliphatic heterocycles. The van der Waals surface area contributed by atoms with Crippen molar-refractivity contribution < 1.29 is 4.79 Å². The van der Waals surface area contributed by atoms with E-state index in [0.29, 0.717) is 13.1 Å². The molecule has 0 radical (unpaired) electrons. The van der Waals surface area contributed by atoms with E-state index < -0.39 is 0 Å². The zero-order chi connectivity index (χ0) is 14.5. The molecule has 110 valence electrons. The van der Waals surface area contributed by atoms with Crippen LogP contribution in [0.3, 0.4) is 0 Å². The topological polar surface area (TPSA) is 50.6 Å². The van der Waals surface area contributed by atoms with E-state index in [4.69, 9.17) is 0 Å². The number of nitriles is 1. The smallest absolute Gasteiger partial charge is 0.266 e. The van der Waals surface area contributed by atoms with Crippen molar-refractivity contribution >= 4 is 5.91 Å². The molecular formula is C15H24N4O. The van der Waals surface area contributed by atoms with Gasteiger partial charge < -0.3 is 14.7 Å². The van der Waals surface area contributed by atoms with Gasteiger partial charge in [0.25, 0.3) is 5.91 Å². The zero-order valence-corrected chi connectivity index (χ0v) is 12.5. The van der Waals surface area contributed by atoms with Gasteiger partial charge in [-0.05, 0) is 25.8 Å². The highest BCUT2D eigenvalue weighted by atomic mass is 16.2. The number of hydrogen-bond donors (Lipinski definition) is 0. The summed E-state index contributed by atoms with van der Waals surface area (Å²) in [4.78, 5) is 18.5. The zero-order valence-electron chi connectivity index (χ0n) is 12.5. The van der Waals surface area contributed by atoms with Gasteiger partial charge in [-0.1, -0.05) is 6.92 Å². The molecule has 5 heteroatoms. The highest BCUT2D eigenvalue weighted by Gasteiger charge is 2.23. The summed E-state index contributed by atoms with van der Waals surface area (Å²) in [5.74, 6) is 0.637. The van der Waals surface area contributed by atoms with Gasteiger partial charge in [-0.2, -0.15) is 5.26 Å². The highest BCUT2D eigenvalue weighted by Crippen LogP contribution is 2.17. The van der Waals surface area contributed by atoms with E-state index in [1.165, 1.54) is 0 Å². The lowest BCUT2D eigenvalue weighted by Gasteiger charge is -2.33. The molecule has 2 heterocycles. The van der Waals surface area contributed by atoms with Crippen LogP contribution in [-0.2, 0) is 4.79 Å². The van der Waals surface area contributed by atoms with Gasteiger partial charge in [0.1, 0.15) is 11.6 Å². The lowest BCUT2D eigenvalue weighted by atomic mass is 9.99. The normalized spacial score (nSPS) is 22.8. The third-order valence-electron chi connectivity index (χ3n) is 4.27. The fourth-order valence-electron chi connectivity index (χ4n) is 2.65. The second-order valence-corrected chi connectivity index (χ2v) is 5.97. The Balaban J connectivity index is 1.97. The number of carbonyl (C=O) groups is 1. The molecule has 2 rings (SSSR count). The van der Waals surface area contributed by atoms with E-state index in [1.807, 2.05) is 0 Å². The monoisotopic (exact) mass is 276 g/mol. The van der Waals surface area contributed by atoms with Crippen molar-refractivity contribution in [2.75, 3.05) is 46.3 Å². The van der Waals surface area contributed by atoms with Crippen LogP contribution in [0, 0.1) is 17.2 Å². The van der Waals surface area contributed by atoms with E-state index in [1.54, 1.807) is 11.1 Å². The lowest BCUT2D eigenvalue weighted by molar-refractivity contribution is -0.128. The van der Waals surface area contributed by atoms with Crippen LogP contribution in [0.25, 0.3) is 0 Å². The highest BCUT2D eigenvalue weighted by molar-refractivity contribution is 5.97. The second kappa shape index (κ2) is 6.76. The first-order chi connectivity index (χ1) is 9.60. The number of rotatable bonds is 2. The summed E-state index contributed by atoms with van der Waals surface area (Å²) in [7, 11) is 2.05. The molecular weight excluding hydrogens is 252 g/mol. The van der Waals surface area contributed by atoms with Crippen LogP contribution in [-0.4, -0.2) is 66.9 Å². The molecule has 0 bridgehead atoms. The van der Waals surface area contributed by atoms with Gasteiger partial charge >= 0.3 is 0 Å². The Labute approximate surface area is 121 Å². The third kappa shape index (κ3) is 3.73. The minimum Gasteiger partial charge on any atom is -0.376 e. The predicted octanol–water partition coefficient (Wildman–Crippen LogP) is 0.900. The summed E-state index contributed by atoms with van der Waals surface area (Å²) in [5.41, 5.74) is 0.282. The van der Waals surface area contributed by atoms with Gasteiger partial charge in [0.2, 0.25) is 0 Å². The Hall–Kier alpha value is -1.54. The fourth-order valence-corrected chi connectivity index (χ4v) is 2.65. The van der Waals surface area contributed by atoms with Crippen molar-refractivity contribution in [3.63, 3.8) is 0 Å². The molecule has 5 nitrogen and oxygen atoms in total. The number of carbonyl (C=O) groups excluding carboxylic acids is 1. The summed E-state index contributed by atoms with van der Waals surface area (Å²) in [6.45, 7) is 7.33. The molecule has 2 fully saturated rings. The summed E-state index contributed by atoms with van der Waals surface area (Å²) in [6.07, 6.45) is 4.04. The summed E-state index contributed by atoms with van der Waals surface area (Å²) >= 11 is 0. The first-order valence-corrected chi connectivity index (χ1v) is 7.44. The maximum atomic E-state index is 12.4. The summed E-state index contributed by atoms with van der Waals surface area (Å²) < 4.78 is 0. The Morgan fingerprint density at radius 2 is 1.75 bits per heavy atom. The van der Waals surface area contributed by atoms with Crippen LogP contribution < -0.4 is 0 Å². The van der Waals surface area contributed by atoms with Crippen LogP contribution in [0.4, 0.5) is 0 Å². The lowest BCUT2D eigenvalue weighted by Crippen LogP contribution is -2.47. The number of nitrogens with zero attached hydrogens (tertiary/aromatic N) is 4. The van der Waals surface area contributed by atoms with Crippen molar-refractivity contribution in [2.24, 2.45) is 5.92 Å². The van der Waals surface area contributed by atoms with E-state index in [0.717, 1.165) is 44.9 Å². The van der Waals surface area contributed by atoms with Gasteiger partial charge in [0.15, 0.2) is 0 Å². The van der Waals surface area contributed by atoms with E-state index in [-0.39, 0.29) is 11.5 Å². The average Bonchev–Trinajstić information content (AvgIpc) is 2.47.